The van der Waals surface area contributed by atoms with Crippen LogP contribution in [0.5, 0.6) is 0 Å². The van der Waals surface area contributed by atoms with Crippen molar-refractivity contribution in [2.45, 2.75) is 43.1 Å². The molecule has 0 spiro atoms. The third kappa shape index (κ3) is 2.68. The van der Waals surface area contributed by atoms with Crippen LogP contribution in [0.1, 0.15) is 26.2 Å². The number of thioether (sulfide) groups is 1. The first-order chi connectivity index (χ1) is 7.81. The standard InChI is InChI=1S/C10H18N4OS/c1-2-6-14-9(15)12-13-10(14)16-8-4-3-5-11-7-8/h8,11H,2-7H2,1H3,(H,12,15). The predicted octanol–water partition coefficient (Wildman–Crippen LogP) is 0.825. The third-order valence-electron chi connectivity index (χ3n) is 2.69. The number of H-pyrrole nitrogens is 1. The average molecular weight is 242 g/mol. The van der Waals surface area contributed by atoms with E-state index in [4.69, 9.17) is 0 Å². The number of aromatic amines is 1. The molecule has 1 fully saturated rings. The van der Waals surface area contributed by atoms with E-state index in [1.807, 2.05) is 0 Å². The van der Waals surface area contributed by atoms with Gasteiger partial charge in [-0.3, -0.25) is 4.57 Å². The van der Waals surface area contributed by atoms with Crippen LogP contribution in [0.3, 0.4) is 0 Å². The van der Waals surface area contributed by atoms with E-state index in [9.17, 15) is 4.79 Å². The Labute approximate surface area is 99.0 Å². The quantitative estimate of drug-likeness (QED) is 0.821. The molecule has 90 valence electrons. The summed E-state index contributed by atoms with van der Waals surface area (Å²) in [6, 6.07) is 0. The number of nitrogens with one attached hydrogen (secondary N) is 2. The van der Waals surface area contributed by atoms with Crippen molar-refractivity contribution in [1.29, 1.82) is 0 Å². The van der Waals surface area contributed by atoms with Crippen molar-refractivity contribution in [3.8, 4) is 0 Å². The lowest BCUT2D eigenvalue weighted by Crippen LogP contribution is -2.31. The molecular formula is C10H18N4OS. The maximum absolute atomic E-state index is 11.5. The predicted molar refractivity (Wildman–Crippen MR) is 64.9 cm³/mol. The van der Waals surface area contributed by atoms with Crippen LogP contribution in [0.2, 0.25) is 0 Å². The van der Waals surface area contributed by atoms with Gasteiger partial charge in [-0.15, -0.1) is 5.10 Å². The maximum atomic E-state index is 11.5. The van der Waals surface area contributed by atoms with E-state index < -0.39 is 0 Å². The van der Waals surface area contributed by atoms with Gasteiger partial charge in [0.2, 0.25) is 0 Å². The zero-order valence-electron chi connectivity index (χ0n) is 9.53. The van der Waals surface area contributed by atoms with Crippen molar-refractivity contribution >= 4 is 11.8 Å². The molecule has 0 aromatic carbocycles. The first-order valence-corrected chi connectivity index (χ1v) is 6.71. The van der Waals surface area contributed by atoms with Gasteiger partial charge in [-0.2, -0.15) is 0 Å². The Bertz CT molecular complexity index is 380. The Morgan fingerprint density at radius 3 is 3.19 bits per heavy atom. The van der Waals surface area contributed by atoms with Crippen molar-refractivity contribution in [1.82, 2.24) is 20.1 Å². The Balaban J connectivity index is 2.05. The van der Waals surface area contributed by atoms with E-state index in [0.29, 0.717) is 5.25 Å². The summed E-state index contributed by atoms with van der Waals surface area (Å²) >= 11 is 1.71. The molecule has 0 radical (unpaired) electrons. The van der Waals surface area contributed by atoms with E-state index in [-0.39, 0.29) is 5.69 Å². The molecule has 1 unspecified atom stereocenters. The second-order valence-electron chi connectivity index (χ2n) is 4.05. The SMILES string of the molecule is CCCn1c(SC2CCCNC2)n[nH]c1=O. The van der Waals surface area contributed by atoms with E-state index >= 15 is 0 Å². The molecule has 5 nitrogen and oxygen atoms in total. The molecule has 1 saturated heterocycles. The molecule has 16 heavy (non-hydrogen) atoms. The molecule has 2 heterocycles. The molecule has 6 heteroatoms. The second-order valence-corrected chi connectivity index (χ2v) is 5.32. The lowest BCUT2D eigenvalue weighted by Gasteiger charge is -2.21. The Morgan fingerprint density at radius 1 is 1.62 bits per heavy atom. The minimum atomic E-state index is -0.0897. The molecule has 1 atom stereocenters. The molecule has 2 rings (SSSR count). The fourth-order valence-corrected chi connectivity index (χ4v) is 3.07. The summed E-state index contributed by atoms with van der Waals surface area (Å²) in [5.41, 5.74) is -0.0897. The van der Waals surface area contributed by atoms with Gasteiger partial charge in [-0.1, -0.05) is 18.7 Å². The average Bonchev–Trinajstić information content (AvgIpc) is 2.64. The van der Waals surface area contributed by atoms with Gasteiger partial charge in [0, 0.05) is 18.3 Å². The molecule has 1 aromatic rings. The molecule has 1 aliphatic rings. The summed E-state index contributed by atoms with van der Waals surface area (Å²) in [4.78, 5) is 11.5. The number of aromatic nitrogens is 3. The van der Waals surface area contributed by atoms with Gasteiger partial charge in [0.1, 0.15) is 0 Å². The summed E-state index contributed by atoms with van der Waals surface area (Å²) in [6.45, 7) is 4.94. The normalized spacial score (nSPS) is 21.2. The van der Waals surface area contributed by atoms with Crippen LogP contribution in [0.25, 0.3) is 0 Å². The van der Waals surface area contributed by atoms with Crippen LogP contribution in [0.15, 0.2) is 9.95 Å². The molecular weight excluding hydrogens is 224 g/mol. The third-order valence-corrected chi connectivity index (χ3v) is 3.95. The van der Waals surface area contributed by atoms with E-state index in [1.165, 1.54) is 12.8 Å². The summed E-state index contributed by atoms with van der Waals surface area (Å²) < 4.78 is 1.74. The van der Waals surface area contributed by atoms with Crippen molar-refractivity contribution in [3.05, 3.63) is 10.5 Å². The monoisotopic (exact) mass is 242 g/mol. The first kappa shape index (κ1) is 11.7. The van der Waals surface area contributed by atoms with Crippen LogP contribution >= 0.6 is 11.8 Å². The van der Waals surface area contributed by atoms with Gasteiger partial charge in [0.15, 0.2) is 5.16 Å². The van der Waals surface area contributed by atoms with Crippen molar-refractivity contribution < 1.29 is 0 Å². The number of rotatable bonds is 4. The molecule has 1 aliphatic heterocycles. The fraction of sp³-hybridized carbons (Fsp3) is 0.800. The van der Waals surface area contributed by atoms with Crippen LogP contribution in [0, 0.1) is 0 Å². The lowest BCUT2D eigenvalue weighted by molar-refractivity contribution is 0.528. The molecule has 2 N–H and O–H groups in total. The smallest absolute Gasteiger partial charge is 0.316 e. The lowest BCUT2D eigenvalue weighted by atomic mass is 10.2. The van der Waals surface area contributed by atoms with E-state index in [1.54, 1.807) is 16.3 Å². The van der Waals surface area contributed by atoms with Gasteiger partial charge >= 0.3 is 5.69 Å². The van der Waals surface area contributed by atoms with Crippen molar-refractivity contribution in [2.24, 2.45) is 0 Å². The number of nitrogens with zero attached hydrogens (tertiary/aromatic N) is 2. The van der Waals surface area contributed by atoms with Crippen molar-refractivity contribution in [2.75, 3.05) is 13.1 Å². The molecule has 0 bridgehead atoms. The fourth-order valence-electron chi connectivity index (χ4n) is 1.88. The van der Waals surface area contributed by atoms with E-state index in [2.05, 4.69) is 22.4 Å². The first-order valence-electron chi connectivity index (χ1n) is 5.84. The van der Waals surface area contributed by atoms with Crippen LogP contribution in [0.4, 0.5) is 0 Å². The zero-order valence-corrected chi connectivity index (χ0v) is 10.3. The van der Waals surface area contributed by atoms with Crippen LogP contribution in [-0.4, -0.2) is 33.1 Å². The van der Waals surface area contributed by atoms with E-state index in [0.717, 1.165) is 31.2 Å². The highest BCUT2D eigenvalue weighted by atomic mass is 32.2. The Kier molecular flexibility index (Phi) is 4.06. The highest BCUT2D eigenvalue weighted by molar-refractivity contribution is 7.99. The topological polar surface area (TPSA) is 62.7 Å². The molecule has 0 aliphatic carbocycles. The summed E-state index contributed by atoms with van der Waals surface area (Å²) in [5, 5.41) is 11.4. The summed E-state index contributed by atoms with van der Waals surface area (Å²) in [5.74, 6) is 0. The van der Waals surface area contributed by atoms with Gasteiger partial charge in [-0.05, 0) is 25.8 Å². The molecule has 0 saturated carbocycles. The minimum absolute atomic E-state index is 0.0897. The number of hydrogen-bond donors (Lipinski definition) is 2. The largest absolute Gasteiger partial charge is 0.343 e. The van der Waals surface area contributed by atoms with Crippen LogP contribution in [-0.2, 0) is 6.54 Å². The number of piperidine rings is 1. The van der Waals surface area contributed by atoms with Crippen molar-refractivity contribution in [3.63, 3.8) is 0 Å². The number of hydrogen-bond acceptors (Lipinski definition) is 4. The Hall–Kier alpha value is -0.750. The maximum Gasteiger partial charge on any atom is 0.343 e. The highest BCUT2D eigenvalue weighted by Gasteiger charge is 2.18. The molecule has 0 amide bonds. The van der Waals surface area contributed by atoms with Gasteiger partial charge < -0.3 is 5.32 Å². The Morgan fingerprint density at radius 2 is 2.50 bits per heavy atom. The molecule has 1 aromatic heterocycles. The summed E-state index contributed by atoms with van der Waals surface area (Å²) in [6.07, 6.45) is 3.36. The van der Waals surface area contributed by atoms with Gasteiger partial charge in [0.25, 0.3) is 0 Å². The zero-order chi connectivity index (χ0) is 11.4. The minimum Gasteiger partial charge on any atom is -0.316 e. The summed E-state index contributed by atoms with van der Waals surface area (Å²) in [7, 11) is 0. The second kappa shape index (κ2) is 5.54. The van der Waals surface area contributed by atoms with Gasteiger partial charge in [0.05, 0.1) is 0 Å². The van der Waals surface area contributed by atoms with Gasteiger partial charge in [-0.25, -0.2) is 9.89 Å². The highest BCUT2D eigenvalue weighted by Crippen LogP contribution is 2.24. The van der Waals surface area contributed by atoms with Crippen LogP contribution < -0.4 is 11.0 Å².